The molecule has 1 amide bonds. The fourth-order valence-corrected chi connectivity index (χ4v) is 3.10. The lowest BCUT2D eigenvalue weighted by molar-refractivity contribution is 0.0734. The van der Waals surface area contributed by atoms with Gasteiger partial charge in [-0.05, 0) is 42.0 Å². The Morgan fingerprint density at radius 1 is 0.889 bits per heavy atom. The van der Waals surface area contributed by atoms with Crippen LogP contribution in [0.4, 0.5) is 5.69 Å². The van der Waals surface area contributed by atoms with Crippen molar-refractivity contribution in [3.8, 4) is 5.75 Å². The van der Waals surface area contributed by atoms with Gasteiger partial charge in [0.2, 0.25) is 0 Å². The van der Waals surface area contributed by atoms with Crippen molar-refractivity contribution in [2.75, 3.05) is 5.32 Å². The Morgan fingerprint density at radius 2 is 1.59 bits per heavy atom. The molecule has 3 aromatic rings. The third kappa shape index (κ3) is 3.50. The molecule has 0 aromatic heterocycles. The second-order valence-corrected chi connectivity index (χ2v) is 6.44. The van der Waals surface area contributed by atoms with Gasteiger partial charge in [0.05, 0.1) is 16.1 Å². The smallest absolute Gasteiger partial charge is 0.345 e. The maximum absolute atomic E-state index is 12.2. The van der Waals surface area contributed by atoms with Crippen LogP contribution in [0.1, 0.15) is 32.4 Å². The molecule has 0 radical (unpaired) electrons. The molecule has 1 heterocycles. The Hall–Kier alpha value is -3.31. The van der Waals surface area contributed by atoms with Crippen molar-refractivity contribution in [3.63, 3.8) is 0 Å². The molecular weight excluding hydrogens is 364 g/mol. The first kappa shape index (κ1) is 17.1. The van der Waals surface area contributed by atoms with Crippen LogP contribution in [0.15, 0.2) is 72.8 Å². The number of ether oxygens (including phenoxy) is 1. The van der Waals surface area contributed by atoms with E-state index in [1.807, 2.05) is 18.2 Å². The van der Waals surface area contributed by atoms with Gasteiger partial charge >= 0.3 is 5.97 Å². The number of fused-ring (bicyclic) bond motifs is 1. The summed E-state index contributed by atoms with van der Waals surface area (Å²) in [5.74, 6) is -0.263. The van der Waals surface area contributed by atoms with Gasteiger partial charge in [-0.25, -0.2) is 4.79 Å². The molecule has 0 saturated heterocycles. The average molecular weight is 379 g/mol. The molecular formula is C21H15ClN2O3. The lowest BCUT2D eigenvalue weighted by Gasteiger charge is -2.28. The van der Waals surface area contributed by atoms with Gasteiger partial charge in [0.25, 0.3) is 5.91 Å². The number of carbonyl (C=O) groups is 2. The molecule has 27 heavy (non-hydrogen) atoms. The van der Waals surface area contributed by atoms with Gasteiger partial charge in [-0.2, -0.15) is 0 Å². The van der Waals surface area contributed by atoms with E-state index in [-0.39, 0.29) is 12.1 Å². The standard InChI is InChI=1S/C21H15ClN2O3/c22-17-7-3-1-5-15(17)21(26)27-14-11-9-13(10-12-14)19-23-18-8-4-2-6-16(18)20(25)24-19/h1-12,19,23H,(H,24,25)/t19-/m0/s1. The molecule has 1 aliphatic heterocycles. The van der Waals surface area contributed by atoms with E-state index >= 15 is 0 Å². The second-order valence-electron chi connectivity index (χ2n) is 6.03. The van der Waals surface area contributed by atoms with Crippen molar-refractivity contribution in [1.82, 2.24) is 5.32 Å². The topological polar surface area (TPSA) is 67.4 Å². The molecule has 6 heteroatoms. The van der Waals surface area contributed by atoms with Gasteiger partial charge < -0.3 is 15.4 Å². The predicted octanol–water partition coefficient (Wildman–Crippen LogP) is 4.41. The summed E-state index contributed by atoms with van der Waals surface area (Å²) in [6.45, 7) is 0. The van der Waals surface area contributed by atoms with E-state index in [9.17, 15) is 9.59 Å². The highest BCUT2D eigenvalue weighted by Crippen LogP contribution is 2.27. The molecule has 2 N–H and O–H groups in total. The molecule has 4 rings (SSSR count). The summed E-state index contributed by atoms with van der Waals surface area (Å²) in [5.41, 5.74) is 2.54. The maximum Gasteiger partial charge on any atom is 0.345 e. The van der Waals surface area contributed by atoms with E-state index < -0.39 is 5.97 Å². The van der Waals surface area contributed by atoms with Gasteiger partial charge in [0, 0.05) is 5.69 Å². The van der Waals surface area contributed by atoms with Crippen molar-refractivity contribution in [2.45, 2.75) is 6.17 Å². The number of benzene rings is 3. The first-order valence-electron chi connectivity index (χ1n) is 8.35. The molecule has 5 nitrogen and oxygen atoms in total. The Labute approximate surface area is 160 Å². The maximum atomic E-state index is 12.2. The minimum atomic E-state index is -0.522. The van der Waals surface area contributed by atoms with Crippen LogP contribution in [0.25, 0.3) is 0 Å². The van der Waals surface area contributed by atoms with Crippen LogP contribution in [0.5, 0.6) is 5.75 Å². The normalized spacial score (nSPS) is 15.3. The van der Waals surface area contributed by atoms with Gasteiger partial charge in [0.15, 0.2) is 0 Å². The number of hydrogen-bond donors (Lipinski definition) is 2. The van der Waals surface area contributed by atoms with Crippen molar-refractivity contribution in [2.24, 2.45) is 0 Å². The van der Waals surface area contributed by atoms with Crippen LogP contribution >= 0.6 is 11.6 Å². The van der Waals surface area contributed by atoms with Crippen LogP contribution in [0.3, 0.4) is 0 Å². The lowest BCUT2D eigenvalue weighted by Crippen LogP contribution is -2.38. The number of halogens is 1. The number of hydrogen-bond acceptors (Lipinski definition) is 4. The van der Waals surface area contributed by atoms with E-state index in [0.717, 1.165) is 11.3 Å². The number of carbonyl (C=O) groups excluding carboxylic acids is 2. The molecule has 0 spiro atoms. The van der Waals surface area contributed by atoms with Crippen molar-refractivity contribution in [3.05, 3.63) is 94.5 Å². The second kappa shape index (κ2) is 7.13. The quantitative estimate of drug-likeness (QED) is 0.523. The highest BCUT2D eigenvalue weighted by atomic mass is 35.5. The summed E-state index contributed by atoms with van der Waals surface area (Å²) >= 11 is 6.02. The summed E-state index contributed by atoms with van der Waals surface area (Å²) in [4.78, 5) is 24.5. The van der Waals surface area contributed by atoms with Crippen molar-refractivity contribution < 1.29 is 14.3 Å². The van der Waals surface area contributed by atoms with Gasteiger partial charge in [-0.3, -0.25) is 4.79 Å². The minimum Gasteiger partial charge on any atom is -0.423 e. The van der Waals surface area contributed by atoms with Crippen LogP contribution in [0.2, 0.25) is 5.02 Å². The zero-order chi connectivity index (χ0) is 18.8. The zero-order valence-electron chi connectivity index (χ0n) is 14.1. The number of para-hydroxylation sites is 1. The molecule has 0 fully saturated rings. The Morgan fingerprint density at radius 3 is 2.37 bits per heavy atom. The van der Waals surface area contributed by atoms with E-state index in [0.29, 0.717) is 21.9 Å². The number of amides is 1. The molecule has 134 valence electrons. The molecule has 1 atom stereocenters. The summed E-state index contributed by atoms with van der Waals surface area (Å²) in [5, 5.41) is 6.53. The largest absolute Gasteiger partial charge is 0.423 e. The molecule has 3 aromatic carbocycles. The first-order chi connectivity index (χ1) is 13.1. The highest BCUT2D eigenvalue weighted by Gasteiger charge is 2.24. The molecule has 1 aliphatic rings. The van der Waals surface area contributed by atoms with Gasteiger partial charge in [-0.1, -0.05) is 48.0 Å². The van der Waals surface area contributed by atoms with Crippen LogP contribution in [-0.2, 0) is 0 Å². The van der Waals surface area contributed by atoms with E-state index in [2.05, 4.69) is 10.6 Å². The zero-order valence-corrected chi connectivity index (χ0v) is 14.9. The fraction of sp³-hybridized carbons (Fsp3) is 0.0476. The summed E-state index contributed by atoms with van der Waals surface area (Å²) in [6, 6.07) is 21.0. The first-order valence-corrected chi connectivity index (χ1v) is 8.73. The molecule has 0 unspecified atom stereocenters. The molecule has 0 saturated carbocycles. The number of rotatable bonds is 3. The fourth-order valence-electron chi connectivity index (χ4n) is 2.89. The minimum absolute atomic E-state index is 0.136. The number of nitrogens with one attached hydrogen (secondary N) is 2. The molecule has 0 bridgehead atoms. The monoisotopic (exact) mass is 378 g/mol. The van der Waals surface area contributed by atoms with Crippen LogP contribution in [-0.4, -0.2) is 11.9 Å². The van der Waals surface area contributed by atoms with Gasteiger partial charge in [0.1, 0.15) is 11.9 Å². The van der Waals surface area contributed by atoms with Crippen LogP contribution in [0, 0.1) is 0 Å². The predicted molar refractivity (Wildman–Crippen MR) is 103 cm³/mol. The van der Waals surface area contributed by atoms with Gasteiger partial charge in [-0.15, -0.1) is 0 Å². The van der Waals surface area contributed by atoms with Crippen molar-refractivity contribution >= 4 is 29.2 Å². The summed E-state index contributed by atoms with van der Waals surface area (Å²) < 4.78 is 5.37. The Kier molecular flexibility index (Phi) is 4.52. The average Bonchev–Trinajstić information content (AvgIpc) is 2.69. The third-order valence-electron chi connectivity index (χ3n) is 4.26. The van der Waals surface area contributed by atoms with E-state index in [1.54, 1.807) is 54.6 Å². The van der Waals surface area contributed by atoms with E-state index in [4.69, 9.17) is 16.3 Å². The highest BCUT2D eigenvalue weighted by molar-refractivity contribution is 6.33. The summed E-state index contributed by atoms with van der Waals surface area (Å²) in [6.07, 6.45) is -0.360. The Bertz CT molecular complexity index is 1020. The Balaban J connectivity index is 1.49. The van der Waals surface area contributed by atoms with Crippen LogP contribution < -0.4 is 15.4 Å². The summed E-state index contributed by atoms with van der Waals surface area (Å²) in [7, 11) is 0. The molecule has 0 aliphatic carbocycles. The SMILES string of the molecule is O=C(Oc1ccc([C@@H]2NC(=O)c3ccccc3N2)cc1)c1ccccc1Cl. The van der Waals surface area contributed by atoms with E-state index in [1.165, 1.54) is 0 Å². The number of anilines is 1. The lowest BCUT2D eigenvalue weighted by atomic mass is 10.1. The number of esters is 1. The van der Waals surface area contributed by atoms with Crippen molar-refractivity contribution in [1.29, 1.82) is 0 Å². The third-order valence-corrected chi connectivity index (χ3v) is 4.59.